The molecule has 2 N–H and O–H groups in total. The Morgan fingerprint density at radius 1 is 1.79 bits per heavy atom. The number of carbonyl (C=O) groups is 1. The smallest absolute Gasteiger partial charge is 0.342 e. The fourth-order valence-corrected chi connectivity index (χ4v) is 1.71. The lowest BCUT2D eigenvalue weighted by Gasteiger charge is -2.13. The number of nitrogens with two attached hydrogens (primary N) is 1. The Balaban J connectivity index is 2.61. The molecule has 2 atom stereocenters. The summed E-state index contributed by atoms with van der Waals surface area (Å²) in [4.78, 5) is 11.0. The molecule has 0 aromatic carbocycles. The van der Waals surface area contributed by atoms with Crippen LogP contribution in [0.5, 0.6) is 0 Å². The molecule has 0 amide bonds. The van der Waals surface area contributed by atoms with E-state index in [0.717, 1.165) is 0 Å². The normalized spacial score (nSPS) is 14.8. The second kappa shape index (κ2) is 5.07. The highest BCUT2D eigenvalue weighted by molar-refractivity contribution is 7.07. The van der Waals surface area contributed by atoms with E-state index in [-0.39, 0.29) is 6.61 Å². The molecule has 0 fully saturated rings. The predicted molar refractivity (Wildman–Crippen MR) is 52.8 cm³/mol. The molecule has 1 aromatic rings. The van der Waals surface area contributed by atoms with Crippen molar-refractivity contribution in [2.24, 2.45) is 5.73 Å². The molecule has 0 aliphatic carbocycles. The van der Waals surface area contributed by atoms with Gasteiger partial charge in [-0.05, 0) is 29.3 Å². The van der Waals surface area contributed by atoms with Gasteiger partial charge in [0.2, 0.25) is 6.17 Å². The Morgan fingerprint density at radius 2 is 2.50 bits per heavy atom. The van der Waals surface area contributed by atoms with Crippen molar-refractivity contribution >= 4 is 17.3 Å². The second-order valence-corrected chi connectivity index (χ2v) is 3.52. The Kier molecular flexibility index (Phi) is 4.03. The van der Waals surface area contributed by atoms with Crippen LogP contribution in [-0.2, 0) is 9.53 Å². The number of hydrogen-bond acceptors (Lipinski definition) is 4. The van der Waals surface area contributed by atoms with Gasteiger partial charge < -0.3 is 10.5 Å². The summed E-state index contributed by atoms with van der Waals surface area (Å²) in [5.41, 5.74) is 6.17. The maximum absolute atomic E-state index is 13.3. The third kappa shape index (κ3) is 2.52. The van der Waals surface area contributed by atoms with Crippen LogP contribution >= 0.6 is 11.3 Å². The number of esters is 1. The van der Waals surface area contributed by atoms with Gasteiger partial charge in [0.05, 0.1) is 12.6 Å². The molecule has 1 unspecified atom stereocenters. The predicted octanol–water partition coefficient (Wildman–Crippen LogP) is 1.65. The third-order valence-corrected chi connectivity index (χ3v) is 2.46. The summed E-state index contributed by atoms with van der Waals surface area (Å²) >= 11 is 1.41. The fraction of sp³-hybridized carbons (Fsp3) is 0.444. The molecule has 0 saturated heterocycles. The lowest BCUT2D eigenvalue weighted by Crippen LogP contribution is -2.31. The zero-order valence-electron chi connectivity index (χ0n) is 7.77. The molecule has 14 heavy (non-hydrogen) atoms. The van der Waals surface area contributed by atoms with Crippen molar-refractivity contribution in [1.82, 2.24) is 0 Å². The van der Waals surface area contributed by atoms with E-state index in [0.29, 0.717) is 5.56 Å². The monoisotopic (exact) mass is 217 g/mol. The molecule has 0 radical (unpaired) electrons. The average molecular weight is 217 g/mol. The molecule has 0 saturated carbocycles. The molecule has 1 aromatic heterocycles. The first kappa shape index (κ1) is 11.1. The molecule has 0 spiro atoms. The maximum atomic E-state index is 13.3. The average Bonchev–Trinajstić information content (AvgIpc) is 2.68. The van der Waals surface area contributed by atoms with E-state index in [4.69, 9.17) is 5.73 Å². The summed E-state index contributed by atoms with van der Waals surface area (Å²) in [5, 5.41) is 3.50. The molecular weight excluding hydrogens is 205 g/mol. The molecular formula is C9H12FNO2S. The van der Waals surface area contributed by atoms with Gasteiger partial charge in [-0.3, -0.25) is 0 Å². The van der Waals surface area contributed by atoms with Gasteiger partial charge in [0.25, 0.3) is 0 Å². The van der Waals surface area contributed by atoms with Crippen molar-refractivity contribution in [3.8, 4) is 0 Å². The van der Waals surface area contributed by atoms with Gasteiger partial charge in [-0.25, -0.2) is 9.18 Å². The molecule has 1 heterocycles. The first-order chi connectivity index (χ1) is 6.66. The number of halogens is 1. The third-order valence-electron chi connectivity index (χ3n) is 1.76. The molecule has 0 aliphatic rings. The summed E-state index contributed by atoms with van der Waals surface area (Å²) in [6, 6.07) is 0.765. The SMILES string of the molecule is CCOC(=O)C(F)[C@H](N)c1ccsc1. The highest BCUT2D eigenvalue weighted by Crippen LogP contribution is 2.20. The number of ether oxygens (including phenoxy) is 1. The Bertz CT molecular complexity index is 289. The number of hydrogen-bond donors (Lipinski definition) is 1. The highest BCUT2D eigenvalue weighted by Gasteiger charge is 2.27. The first-order valence-electron chi connectivity index (χ1n) is 4.25. The minimum absolute atomic E-state index is 0.162. The van der Waals surface area contributed by atoms with Crippen LogP contribution in [0.3, 0.4) is 0 Å². The van der Waals surface area contributed by atoms with Gasteiger partial charge in [-0.1, -0.05) is 0 Å². The van der Waals surface area contributed by atoms with Gasteiger partial charge >= 0.3 is 5.97 Å². The van der Waals surface area contributed by atoms with Gasteiger partial charge in [-0.2, -0.15) is 11.3 Å². The van der Waals surface area contributed by atoms with Crippen molar-refractivity contribution in [3.05, 3.63) is 22.4 Å². The van der Waals surface area contributed by atoms with Crippen LogP contribution in [0.1, 0.15) is 18.5 Å². The molecule has 5 heteroatoms. The number of thiophene rings is 1. The molecule has 0 aliphatic heterocycles. The fourth-order valence-electron chi connectivity index (χ4n) is 1.00. The van der Waals surface area contributed by atoms with Crippen LogP contribution in [-0.4, -0.2) is 18.7 Å². The van der Waals surface area contributed by atoms with Crippen LogP contribution in [0, 0.1) is 0 Å². The minimum atomic E-state index is -1.79. The molecule has 78 valence electrons. The summed E-state index contributed by atoms with van der Waals surface area (Å²) in [7, 11) is 0. The standard InChI is InChI=1S/C9H12FNO2S/c1-2-13-9(12)7(10)8(11)6-3-4-14-5-6/h3-5,7-8H,2,11H2,1H3/t7?,8-/m1/s1. The van der Waals surface area contributed by atoms with E-state index in [1.54, 1.807) is 23.8 Å². The Hall–Kier alpha value is -0.940. The Morgan fingerprint density at radius 3 is 3.00 bits per heavy atom. The van der Waals surface area contributed by atoms with E-state index >= 15 is 0 Å². The summed E-state index contributed by atoms with van der Waals surface area (Å²) < 4.78 is 17.9. The highest BCUT2D eigenvalue weighted by atomic mass is 32.1. The van der Waals surface area contributed by atoms with Gasteiger partial charge in [-0.15, -0.1) is 0 Å². The van der Waals surface area contributed by atoms with Crippen LogP contribution in [0.2, 0.25) is 0 Å². The number of carbonyl (C=O) groups excluding carboxylic acids is 1. The van der Waals surface area contributed by atoms with Crippen LogP contribution in [0.25, 0.3) is 0 Å². The topological polar surface area (TPSA) is 52.3 Å². The number of alkyl halides is 1. The van der Waals surface area contributed by atoms with Crippen molar-refractivity contribution in [3.63, 3.8) is 0 Å². The van der Waals surface area contributed by atoms with Crippen LogP contribution in [0.4, 0.5) is 4.39 Å². The molecule has 1 rings (SSSR count). The zero-order valence-corrected chi connectivity index (χ0v) is 8.59. The van der Waals surface area contributed by atoms with E-state index in [1.165, 1.54) is 11.3 Å². The second-order valence-electron chi connectivity index (χ2n) is 2.74. The van der Waals surface area contributed by atoms with Crippen molar-refractivity contribution < 1.29 is 13.9 Å². The van der Waals surface area contributed by atoms with Crippen molar-refractivity contribution in [1.29, 1.82) is 0 Å². The molecule has 0 bridgehead atoms. The quantitative estimate of drug-likeness (QED) is 0.780. The summed E-state index contributed by atoms with van der Waals surface area (Å²) in [6.07, 6.45) is -1.79. The van der Waals surface area contributed by atoms with E-state index in [9.17, 15) is 9.18 Å². The van der Waals surface area contributed by atoms with Crippen LogP contribution < -0.4 is 5.73 Å². The van der Waals surface area contributed by atoms with Gasteiger partial charge in [0.15, 0.2) is 0 Å². The van der Waals surface area contributed by atoms with Crippen molar-refractivity contribution in [2.45, 2.75) is 19.1 Å². The van der Waals surface area contributed by atoms with E-state index < -0.39 is 18.2 Å². The maximum Gasteiger partial charge on any atom is 0.342 e. The van der Waals surface area contributed by atoms with E-state index in [1.807, 2.05) is 0 Å². The first-order valence-corrected chi connectivity index (χ1v) is 5.19. The summed E-state index contributed by atoms with van der Waals surface area (Å²) in [6.45, 7) is 1.79. The lowest BCUT2D eigenvalue weighted by molar-refractivity contribution is -0.149. The largest absolute Gasteiger partial charge is 0.464 e. The number of rotatable bonds is 4. The van der Waals surface area contributed by atoms with Gasteiger partial charge in [0, 0.05) is 0 Å². The summed E-state index contributed by atoms with van der Waals surface area (Å²) in [5.74, 6) is -0.897. The lowest BCUT2D eigenvalue weighted by atomic mass is 10.1. The minimum Gasteiger partial charge on any atom is -0.464 e. The van der Waals surface area contributed by atoms with Gasteiger partial charge in [0.1, 0.15) is 0 Å². The van der Waals surface area contributed by atoms with E-state index in [2.05, 4.69) is 4.74 Å². The van der Waals surface area contributed by atoms with Crippen LogP contribution in [0.15, 0.2) is 16.8 Å². The molecule has 3 nitrogen and oxygen atoms in total. The zero-order chi connectivity index (χ0) is 10.6. The Labute approximate surface area is 85.7 Å². The van der Waals surface area contributed by atoms with Crippen molar-refractivity contribution in [2.75, 3.05) is 6.61 Å².